The Bertz CT molecular complexity index is 708. The third kappa shape index (κ3) is 3.77. The van der Waals surface area contributed by atoms with Crippen molar-refractivity contribution in [2.24, 2.45) is 5.10 Å². The molecule has 0 unspecified atom stereocenters. The van der Waals surface area contributed by atoms with Crippen LogP contribution in [0.5, 0.6) is 5.75 Å². The number of halogens is 2. The number of hydrazone groups is 1. The van der Waals surface area contributed by atoms with E-state index < -0.39 is 0 Å². The second-order valence-electron chi connectivity index (χ2n) is 5.49. The van der Waals surface area contributed by atoms with Crippen LogP contribution in [-0.2, 0) is 0 Å². The van der Waals surface area contributed by atoms with Crippen molar-refractivity contribution in [3.63, 3.8) is 0 Å². The molecule has 3 rings (SSSR count). The summed E-state index contributed by atoms with van der Waals surface area (Å²) in [5, 5.41) is 7.78. The molecule has 2 aromatic carbocycles. The molecule has 0 amide bonds. The van der Waals surface area contributed by atoms with Gasteiger partial charge in [-0.05, 0) is 24.3 Å². The van der Waals surface area contributed by atoms with Crippen molar-refractivity contribution in [1.82, 2.24) is 5.01 Å². The van der Waals surface area contributed by atoms with E-state index >= 15 is 0 Å². The summed E-state index contributed by atoms with van der Waals surface area (Å²) < 4.78 is 5.44. The zero-order chi connectivity index (χ0) is 16.9. The number of piperazine rings is 1. The third-order valence-corrected chi connectivity index (χ3v) is 4.69. The largest absolute Gasteiger partial charge is 0.495 e. The number of methoxy groups -OCH3 is 1. The van der Waals surface area contributed by atoms with Gasteiger partial charge in [-0.1, -0.05) is 41.4 Å². The molecule has 1 heterocycles. The Morgan fingerprint density at radius 2 is 1.62 bits per heavy atom. The smallest absolute Gasteiger partial charge is 0.142 e. The van der Waals surface area contributed by atoms with Crippen molar-refractivity contribution in [3.05, 3.63) is 58.1 Å². The Balaban J connectivity index is 1.64. The molecule has 0 radical (unpaired) electrons. The Labute approximate surface area is 152 Å². The van der Waals surface area contributed by atoms with Gasteiger partial charge < -0.3 is 9.64 Å². The van der Waals surface area contributed by atoms with E-state index in [1.807, 2.05) is 41.4 Å². The fourth-order valence-electron chi connectivity index (χ4n) is 2.72. The summed E-state index contributed by atoms with van der Waals surface area (Å²) in [4.78, 5) is 2.31. The van der Waals surface area contributed by atoms with Crippen LogP contribution in [0.15, 0.2) is 47.6 Å². The Kier molecular flexibility index (Phi) is 5.48. The summed E-state index contributed by atoms with van der Waals surface area (Å²) >= 11 is 12.3. The zero-order valence-electron chi connectivity index (χ0n) is 13.5. The molecule has 2 aromatic rings. The highest BCUT2D eigenvalue weighted by atomic mass is 35.5. The molecule has 0 spiro atoms. The van der Waals surface area contributed by atoms with E-state index in [2.05, 4.69) is 16.1 Å². The molecule has 0 N–H and O–H groups in total. The van der Waals surface area contributed by atoms with Crippen molar-refractivity contribution in [3.8, 4) is 5.75 Å². The van der Waals surface area contributed by atoms with Crippen LogP contribution in [0.25, 0.3) is 0 Å². The highest BCUT2D eigenvalue weighted by Crippen LogP contribution is 2.28. The number of hydrogen-bond acceptors (Lipinski definition) is 4. The van der Waals surface area contributed by atoms with Crippen molar-refractivity contribution in [2.45, 2.75) is 0 Å². The van der Waals surface area contributed by atoms with Crippen molar-refractivity contribution in [1.29, 1.82) is 0 Å². The third-order valence-electron chi connectivity index (χ3n) is 4.03. The molecular weight excluding hydrogens is 345 g/mol. The highest BCUT2D eigenvalue weighted by Gasteiger charge is 2.18. The molecule has 4 nitrogen and oxygen atoms in total. The van der Waals surface area contributed by atoms with E-state index in [1.165, 1.54) is 0 Å². The Hall–Kier alpha value is -1.91. The molecule has 0 aliphatic carbocycles. The Morgan fingerprint density at radius 1 is 0.958 bits per heavy atom. The summed E-state index contributed by atoms with van der Waals surface area (Å²) in [5.41, 5.74) is 1.88. The van der Waals surface area contributed by atoms with E-state index in [1.54, 1.807) is 13.3 Å². The first-order valence-electron chi connectivity index (χ1n) is 7.80. The molecule has 24 heavy (non-hydrogen) atoms. The lowest BCUT2D eigenvalue weighted by atomic mass is 10.2. The van der Waals surface area contributed by atoms with Crippen LogP contribution in [0.1, 0.15) is 5.56 Å². The van der Waals surface area contributed by atoms with Crippen LogP contribution in [-0.4, -0.2) is 44.5 Å². The van der Waals surface area contributed by atoms with Crippen LogP contribution in [0.2, 0.25) is 10.0 Å². The number of nitrogens with zero attached hydrogens (tertiary/aromatic N) is 3. The summed E-state index contributed by atoms with van der Waals surface area (Å²) in [6.07, 6.45) is 1.74. The summed E-state index contributed by atoms with van der Waals surface area (Å²) in [6, 6.07) is 13.5. The highest BCUT2D eigenvalue weighted by molar-refractivity contribution is 6.38. The normalized spacial score (nSPS) is 15.1. The molecule has 1 aliphatic heterocycles. The molecule has 0 saturated carbocycles. The van der Waals surface area contributed by atoms with Gasteiger partial charge in [-0.15, -0.1) is 0 Å². The lowest BCUT2D eigenvalue weighted by Gasteiger charge is -2.35. The van der Waals surface area contributed by atoms with Gasteiger partial charge in [0.1, 0.15) is 5.75 Å². The van der Waals surface area contributed by atoms with E-state index in [9.17, 15) is 0 Å². The molecule has 0 bridgehead atoms. The van der Waals surface area contributed by atoms with Crippen LogP contribution < -0.4 is 9.64 Å². The van der Waals surface area contributed by atoms with Gasteiger partial charge in [0.25, 0.3) is 0 Å². The fourth-order valence-corrected chi connectivity index (χ4v) is 3.21. The van der Waals surface area contributed by atoms with Gasteiger partial charge in [-0.2, -0.15) is 5.10 Å². The number of para-hydroxylation sites is 2. The van der Waals surface area contributed by atoms with Gasteiger partial charge >= 0.3 is 0 Å². The molecule has 126 valence electrons. The van der Waals surface area contributed by atoms with Crippen LogP contribution in [0.3, 0.4) is 0 Å². The first kappa shape index (κ1) is 16.9. The maximum absolute atomic E-state index is 6.17. The Morgan fingerprint density at radius 3 is 2.29 bits per heavy atom. The van der Waals surface area contributed by atoms with Crippen molar-refractivity contribution >= 4 is 35.1 Å². The maximum atomic E-state index is 6.17. The zero-order valence-corrected chi connectivity index (χ0v) is 15.0. The van der Waals surface area contributed by atoms with E-state index in [0.717, 1.165) is 43.2 Å². The number of hydrogen-bond donors (Lipinski definition) is 0. The molecule has 0 atom stereocenters. The molecule has 0 aromatic heterocycles. The van der Waals surface area contributed by atoms with Gasteiger partial charge in [0, 0.05) is 18.7 Å². The van der Waals surface area contributed by atoms with Gasteiger partial charge in [0.2, 0.25) is 0 Å². The predicted octanol–water partition coefficient (Wildman–Crippen LogP) is 4.16. The monoisotopic (exact) mass is 363 g/mol. The second kappa shape index (κ2) is 7.77. The number of anilines is 1. The number of benzene rings is 2. The van der Waals surface area contributed by atoms with E-state index in [-0.39, 0.29) is 0 Å². The van der Waals surface area contributed by atoms with E-state index in [0.29, 0.717) is 10.0 Å². The summed E-state index contributed by atoms with van der Waals surface area (Å²) in [6.45, 7) is 3.43. The standard InChI is InChI=1S/C18H19Cl2N3O/c1-24-18-8-3-2-7-17(18)22-9-11-23(12-10-22)21-13-14-15(19)5-4-6-16(14)20/h2-8,13H,9-12H2,1H3. The summed E-state index contributed by atoms with van der Waals surface area (Å²) in [5.74, 6) is 0.900. The molecule has 6 heteroatoms. The molecular formula is C18H19Cl2N3O. The average molecular weight is 364 g/mol. The lowest BCUT2D eigenvalue weighted by molar-refractivity contribution is 0.271. The van der Waals surface area contributed by atoms with Gasteiger partial charge in [-0.25, -0.2) is 0 Å². The van der Waals surface area contributed by atoms with Crippen molar-refractivity contribution < 1.29 is 4.74 Å². The average Bonchev–Trinajstić information content (AvgIpc) is 2.62. The van der Waals surface area contributed by atoms with Gasteiger partial charge in [0.05, 0.1) is 42.1 Å². The fraction of sp³-hybridized carbons (Fsp3) is 0.278. The SMILES string of the molecule is COc1ccccc1N1CCN(N=Cc2c(Cl)cccc2Cl)CC1. The quantitative estimate of drug-likeness (QED) is 0.763. The van der Waals surface area contributed by atoms with Gasteiger partial charge in [0.15, 0.2) is 0 Å². The molecule has 1 aliphatic rings. The van der Waals surface area contributed by atoms with Gasteiger partial charge in [-0.3, -0.25) is 5.01 Å². The molecule has 1 fully saturated rings. The minimum absolute atomic E-state index is 0.610. The first-order valence-corrected chi connectivity index (χ1v) is 8.55. The molecule has 1 saturated heterocycles. The van der Waals surface area contributed by atoms with Crippen LogP contribution in [0.4, 0.5) is 5.69 Å². The van der Waals surface area contributed by atoms with E-state index in [4.69, 9.17) is 27.9 Å². The maximum Gasteiger partial charge on any atom is 0.142 e. The lowest BCUT2D eigenvalue weighted by Crippen LogP contribution is -2.44. The van der Waals surface area contributed by atoms with Crippen LogP contribution in [0, 0.1) is 0 Å². The number of ether oxygens (including phenoxy) is 1. The summed E-state index contributed by atoms with van der Waals surface area (Å²) in [7, 11) is 1.70. The predicted molar refractivity (Wildman–Crippen MR) is 101 cm³/mol. The van der Waals surface area contributed by atoms with Crippen molar-refractivity contribution in [2.75, 3.05) is 38.2 Å². The minimum Gasteiger partial charge on any atom is -0.495 e. The minimum atomic E-state index is 0.610. The second-order valence-corrected chi connectivity index (χ2v) is 6.31. The topological polar surface area (TPSA) is 28.1 Å². The van der Waals surface area contributed by atoms with Crippen LogP contribution >= 0.6 is 23.2 Å². The number of rotatable bonds is 4. The first-order chi connectivity index (χ1) is 11.7.